The predicted octanol–water partition coefficient (Wildman–Crippen LogP) is 1.36. The molecule has 0 spiro atoms. The molecule has 0 heterocycles. The lowest BCUT2D eigenvalue weighted by atomic mass is 9.92. The van der Waals surface area contributed by atoms with Crippen molar-refractivity contribution in [3.63, 3.8) is 0 Å². The smallest absolute Gasteiger partial charge is 0.133 e. The summed E-state index contributed by atoms with van der Waals surface area (Å²) in [6.45, 7) is 3.56. The second-order valence-corrected chi connectivity index (χ2v) is 2.99. The van der Waals surface area contributed by atoms with E-state index in [4.69, 9.17) is 0 Å². The highest BCUT2D eigenvalue weighted by atomic mass is 16.1. The highest BCUT2D eigenvalue weighted by molar-refractivity contribution is 5.81. The number of ketones is 1. The van der Waals surface area contributed by atoms with Gasteiger partial charge in [-0.1, -0.05) is 6.08 Å². The summed E-state index contributed by atoms with van der Waals surface area (Å²) in [5, 5.41) is 0. The molecule has 2 unspecified atom stereocenters. The summed E-state index contributed by atoms with van der Waals surface area (Å²) < 4.78 is 0. The molecule has 11 heavy (non-hydrogen) atoms. The molecule has 0 bridgehead atoms. The number of hydrogen-bond acceptors (Lipinski definition) is 2. The van der Waals surface area contributed by atoms with Crippen molar-refractivity contribution in [3.8, 4) is 0 Å². The summed E-state index contributed by atoms with van der Waals surface area (Å²) in [7, 11) is 0. The minimum absolute atomic E-state index is 0.110. The van der Waals surface area contributed by atoms with Crippen LogP contribution in [0, 0.1) is 11.8 Å². The minimum atomic E-state index is -0.110. The predicted molar refractivity (Wildman–Crippen MR) is 42.1 cm³/mol. The molecule has 2 nitrogen and oxygen atoms in total. The van der Waals surface area contributed by atoms with E-state index in [1.54, 1.807) is 6.08 Å². The standard InChI is InChI=1S/C9H12O2/c1-2-7(6-10)8-3-4-9(11)5-8/h2,6-8H,1,3-5H2. The maximum absolute atomic E-state index is 10.8. The zero-order chi connectivity index (χ0) is 8.27. The van der Waals surface area contributed by atoms with E-state index in [-0.39, 0.29) is 17.6 Å². The molecule has 0 aromatic carbocycles. The van der Waals surface area contributed by atoms with Crippen LogP contribution in [0.3, 0.4) is 0 Å². The third kappa shape index (κ3) is 1.76. The number of carbonyl (C=O) groups excluding carboxylic acids is 2. The summed E-state index contributed by atoms with van der Waals surface area (Å²) in [6, 6.07) is 0. The largest absolute Gasteiger partial charge is 0.303 e. The molecule has 0 aromatic rings. The van der Waals surface area contributed by atoms with Crippen molar-refractivity contribution in [1.29, 1.82) is 0 Å². The Hall–Kier alpha value is -0.920. The maximum atomic E-state index is 10.8. The Kier molecular flexibility index (Phi) is 2.58. The van der Waals surface area contributed by atoms with Crippen molar-refractivity contribution < 1.29 is 9.59 Å². The van der Waals surface area contributed by atoms with Gasteiger partial charge >= 0.3 is 0 Å². The van der Waals surface area contributed by atoms with Crippen molar-refractivity contribution in [1.82, 2.24) is 0 Å². The number of allylic oxidation sites excluding steroid dienone is 1. The Morgan fingerprint density at radius 2 is 2.36 bits per heavy atom. The van der Waals surface area contributed by atoms with Crippen molar-refractivity contribution in [2.45, 2.75) is 19.3 Å². The first-order valence-corrected chi connectivity index (χ1v) is 3.87. The van der Waals surface area contributed by atoms with Crippen LogP contribution in [-0.2, 0) is 9.59 Å². The van der Waals surface area contributed by atoms with Gasteiger partial charge in [0, 0.05) is 18.8 Å². The van der Waals surface area contributed by atoms with E-state index in [2.05, 4.69) is 6.58 Å². The number of aldehydes is 1. The van der Waals surface area contributed by atoms with Gasteiger partial charge in [0.15, 0.2) is 0 Å². The fourth-order valence-electron chi connectivity index (χ4n) is 1.53. The van der Waals surface area contributed by atoms with E-state index in [0.717, 1.165) is 12.7 Å². The molecule has 2 heteroatoms. The van der Waals surface area contributed by atoms with Crippen molar-refractivity contribution in [3.05, 3.63) is 12.7 Å². The van der Waals surface area contributed by atoms with Crippen LogP contribution in [0.15, 0.2) is 12.7 Å². The molecule has 0 N–H and O–H groups in total. The van der Waals surface area contributed by atoms with E-state index in [9.17, 15) is 9.59 Å². The van der Waals surface area contributed by atoms with E-state index in [1.807, 2.05) is 0 Å². The molecule has 1 aliphatic carbocycles. The lowest BCUT2D eigenvalue weighted by Crippen LogP contribution is -2.10. The Bertz CT molecular complexity index is 176. The van der Waals surface area contributed by atoms with Crippen LogP contribution in [0.5, 0.6) is 0 Å². The Balaban J connectivity index is 2.53. The van der Waals surface area contributed by atoms with Gasteiger partial charge in [0.05, 0.1) is 0 Å². The lowest BCUT2D eigenvalue weighted by Gasteiger charge is -2.10. The number of hydrogen-bond donors (Lipinski definition) is 0. The van der Waals surface area contributed by atoms with Gasteiger partial charge in [-0.15, -0.1) is 6.58 Å². The molecule has 0 radical (unpaired) electrons. The van der Waals surface area contributed by atoms with Crippen LogP contribution in [0.25, 0.3) is 0 Å². The molecule has 1 saturated carbocycles. The van der Waals surface area contributed by atoms with Gasteiger partial charge in [-0.3, -0.25) is 4.79 Å². The highest BCUT2D eigenvalue weighted by Crippen LogP contribution is 2.28. The molecule has 1 fully saturated rings. The number of Topliss-reactive ketones (excluding diaryl/α,β-unsaturated/α-hetero) is 1. The van der Waals surface area contributed by atoms with Crippen LogP contribution >= 0.6 is 0 Å². The second-order valence-electron chi connectivity index (χ2n) is 2.99. The summed E-state index contributed by atoms with van der Waals surface area (Å²) in [6.07, 6.45) is 4.58. The number of rotatable bonds is 3. The molecule has 60 valence electrons. The Morgan fingerprint density at radius 3 is 2.73 bits per heavy atom. The van der Waals surface area contributed by atoms with Gasteiger partial charge in [0.2, 0.25) is 0 Å². The average Bonchev–Trinajstić information content (AvgIpc) is 2.39. The summed E-state index contributed by atoms with van der Waals surface area (Å²) >= 11 is 0. The average molecular weight is 152 g/mol. The van der Waals surface area contributed by atoms with Gasteiger partial charge in [0.1, 0.15) is 12.1 Å². The molecular weight excluding hydrogens is 140 g/mol. The monoisotopic (exact) mass is 152 g/mol. The highest BCUT2D eigenvalue weighted by Gasteiger charge is 2.27. The first-order valence-electron chi connectivity index (χ1n) is 3.87. The first-order chi connectivity index (χ1) is 5.27. The lowest BCUT2D eigenvalue weighted by molar-refractivity contribution is -0.117. The molecule has 0 saturated heterocycles. The molecule has 0 aromatic heterocycles. The Morgan fingerprint density at radius 1 is 1.64 bits per heavy atom. The van der Waals surface area contributed by atoms with Gasteiger partial charge < -0.3 is 4.79 Å². The summed E-state index contributed by atoms with van der Waals surface area (Å²) in [4.78, 5) is 21.3. The second kappa shape index (κ2) is 3.46. The van der Waals surface area contributed by atoms with E-state index in [0.29, 0.717) is 12.8 Å². The van der Waals surface area contributed by atoms with E-state index < -0.39 is 0 Å². The Labute approximate surface area is 66.3 Å². The molecule has 0 aliphatic heterocycles. The van der Waals surface area contributed by atoms with Crippen LogP contribution in [-0.4, -0.2) is 12.1 Å². The van der Waals surface area contributed by atoms with Crippen molar-refractivity contribution >= 4 is 12.1 Å². The molecule has 2 atom stereocenters. The first kappa shape index (κ1) is 8.18. The summed E-state index contributed by atoms with van der Waals surface area (Å²) in [5.74, 6) is 0.405. The van der Waals surface area contributed by atoms with Crippen LogP contribution in [0.4, 0.5) is 0 Å². The summed E-state index contributed by atoms with van der Waals surface area (Å²) in [5.41, 5.74) is 0. The molecule has 0 amide bonds. The van der Waals surface area contributed by atoms with Crippen molar-refractivity contribution in [2.24, 2.45) is 11.8 Å². The molecule has 1 rings (SSSR count). The fourth-order valence-corrected chi connectivity index (χ4v) is 1.53. The minimum Gasteiger partial charge on any atom is -0.303 e. The third-order valence-electron chi connectivity index (χ3n) is 2.26. The fraction of sp³-hybridized carbons (Fsp3) is 0.556. The quantitative estimate of drug-likeness (QED) is 0.452. The van der Waals surface area contributed by atoms with Crippen molar-refractivity contribution in [2.75, 3.05) is 0 Å². The topological polar surface area (TPSA) is 34.1 Å². The zero-order valence-corrected chi connectivity index (χ0v) is 6.45. The maximum Gasteiger partial charge on any atom is 0.133 e. The van der Waals surface area contributed by atoms with Gasteiger partial charge in [-0.05, 0) is 12.3 Å². The molecule has 1 aliphatic rings. The molecular formula is C9H12O2. The SMILES string of the molecule is C=CC(C=O)C1CCC(=O)C1. The third-order valence-corrected chi connectivity index (χ3v) is 2.26. The normalized spacial score (nSPS) is 26.5. The van der Waals surface area contributed by atoms with E-state index >= 15 is 0 Å². The number of carbonyl (C=O) groups is 2. The van der Waals surface area contributed by atoms with Gasteiger partial charge in [-0.2, -0.15) is 0 Å². The van der Waals surface area contributed by atoms with Gasteiger partial charge in [0.25, 0.3) is 0 Å². The zero-order valence-electron chi connectivity index (χ0n) is 6.45. The van der Waals surface area contributed by atoms with Crippen LogP contribution < -0.4 is 0 Å². The van der Waals surface area contributed by atoms with E-state index in [1.165, 1.54) is 0 Å². The van der Waals surface area contributed by atoms with Gasteiger partial charge in [-0.25, -0.2) is 0 Å². The van der Waals surface area contributed by atoms with Crippen LogP contribution in [0.2, 0.25) is 0 Å². The van der Waals surface area contributed by atoms with Crippen LogP contribution in [0.1, 0.15) is 19.3 Å².